The van der Waals surface area contributed by atoms with Gasteiger partial charge in [-0.2, -0.15) is 0 Å². The number of hydrogen-bond donors (Lipinski definition) is 2. The van der Waals surface area contributed by atoms with Crippen molar-refractivity contribution < 1.29 is 18.7 Å². The third kappa shape index (κ3) is 3.50. The van der Waals surface area contributed by atoms with Crippen molar-refractivity contribution in [2.45, 2.75) is 9.79 Å². The fraction of sp³-hybridized carbons (Fsp3) is 0.0833. The van der Waals surface area contributed by atoms with Crippen molar-refractivity contribution in [3.8, 4) is 0 Å². The Bertz CT molecular complexity index is 637. The van der Waals surface area contributed by atoms with Gasteiger partial charge in [0.2, 0.25) is 0 Å². The van der Waals surface area contributed by atoms with E-state index in [2.05, 4.69) is 0 Å². The zero-order chi connectivity index (χ0) is 13.8. The molecule has 1 unspecified atom stereocenters. The first-order valence-corrected chi connectivity index (χ1v) is 8.66. The molecule has 0 saturated heterocycles. The molecule has 1 atom stereocenters. The summed E-state index contributed by atoms with van der Waals surface area (Å²) in [4.78, 5) is 11.6. The van der Waals surface area contributed by atoms with Crippen LogP contribution < -0.4 is 0 Å². The van der Waals surface area contributed by atoms with Crippen LogP contribution in [0, 0.1) is 0 Å². The lowest BCUT2D eigenvalue weighted by atomic mass is 10.1. The standard InChI is InChI=1S/C12H10O4S3/c13-11(14)7-17-18-9-5-1-3-8-4-2-6-10(12(8)9)19(15)16/h1-6H,7H2,(H,13,14)(H,15,16). The summed E-state index contributed by atoms with van der Waals surface area (Å²) < 4.78 is 20.7. The van der Waals surface area contributed by atoms with E-state index in [-0.39, 0.29) is 5.75 Å². The van der Waals surface area contributed by atoms with Gasteiger partial charge in [0.1, 0.15) is 5.75 Å². The van der Waals surface area contributed by atoms with Gasteiger partial charge in [0.05, 0.1) is 4.90 Å². The van der Waals surface area contributed by atoms with Crippen LogP contribution in [0.1, 0.15) is 0 Å². The van der Waals surface area contributed by atoms with Crippen molar-refractivity contribution in [3.63, 3.8) is 0 Å². The van der Waals surface area contributed by atoms with Crippen LogP contribution in [0.3, 0.4) is 0 Å². The molecule has 0 amide bonds. The summed E-state index contributed by atoms with van der Waals surface area (Å²) in [5.41, 5.74) is 0. The molecule has 0 saturated carbocycles. The average Bonchev–Trinajstić information content (AvgIpc) is 2.37. The molecule has 0 aliphatic heterocycles. The van der Waals surface area contributed by atoms with Crippen LogP contribution in [0.15, 0.2) is 46.2 Å². The van der Waals surface area contributed by atoms with E-state index < -0.39 is 17.0 Å². The number of carbonyl (C=O) groups is 1. The van der Waals surface area contributed by atoms with Gasteiger partial charge < -0.3 is 9.66 Å². The molecule has 0 spiro atoms. The molecular formula is C12H10O4S3. The summed E-state index contributed by atoms with van der Waals surface area (Å²) in [5.74, 6) is -0.908. The normalized spacial score (nSPS) is 12.5. The predicted molar refractivity (Wildman–Crippen MR) is 78.9 cm³/mol. The van der Waals surface area contributed by atoms with E-state index in [1.165, 1.54) is 21.6 Å². The quantitative estimate of drug-likeness (QED) is 0.652. The number of hydrogen-bond acceptors (Lipinski definition) is 4. The van der Waals surface area contributed by atoms with Crippen molar-refractivity contribution >= 4 is 49.4 Å². The maximum Gasteiger partial charge on any atom is 0.314 e. The third-order valence-corrected chi connectivity index (χ3v) is 5.31. The van der Waals surface area contributed by atoms with E-state index in [1.807, 2.05) is 24.3 Å². The zero-order valence-corrected chi connectivity index (χ0v) is 12.1. The lowest BCUT2D eigenvalue weighted by Gasteiger charge is -2.08. The third-order valence-electron chi connectivity index (χ3n) is 2.35. The molecule has 0 aromatic heterocycles. The Morgan fingerprint density at radius 3 is 2.53 bits per heavy atom. The lowest BCUT2D eigenvalue weighted by Crippen LogP contribution is -1.96. The van der Waals surface area contributed by atoms with Crippen molar-refractivity contribution in [1.82, 2.24) is 0 Å². The Morgan fingerprint density at radius 1 is 1.21 bits per heavy atom. The minimum absolute atomic E-state index is 0.0224. The summed E-state index contributed by atoms with van der Waals surface area (Å²) in [6.45, 7) is 0. The highest BCUT2D eigenvalue weighted by atomic mass is 33.1. The van der Waals surface area contributed by atoms with Gasteiger partial charge in [-0.25, -0.2) is 4.21 Å². The summed E-state index contributed by atoms with van der Waals surface area (Å²) in [5, 5.41) is 10.2. The Labute approximate surface area is 120 Å². The highest BCUT2D eigenvalue weighted by Crippen LogP contribution is 2.38. The van der Waals surface area contributed by atoms with Crippen molar-refractivity contribution in [1.29, 1.82) is 0 Å². The number of benzene rings is 2. The van der Waals surface area contributed by atoms with Gasteiger partial charge in [0.25, 0.3) is 0 Å². The van der Waals surface area contributed by atoms with Crippen molar-refractivity contribution in [2.75, 3.05) is 5.75 Å². The molecule has 100 valence electrons. The van der Waals surface area contributed by atoms with Crippen LogP contribution in [0.2, 0.25) is 0 Å². The fourth-order valence-corrected chi connectivity index (χ4v) is 4.30. The van der Waals surface area contributed by atoms with Crippen LogP contribution >= 0.6 is 21.6 Å². The number of aliphatic carboxylic acids is 1. The van der Waals surface area contributed by atoms with Gasteiger partial charge in [-0.1, -0.05) is 45.9 Å². The molecule has 0 aliphatic rings. The Morgan fingerprint density at radius 2 is 1.89 bits per heavy atom. The molecule has 0 bridgehead atoms. The second-order valence-electron chi connectivity index (χ2n) is 3.60. The second kappa shape index (κ2) is 6.42. The van der Waals surface area contributed by atoms with Gasteiger partial charge in [-0.05, 0) is 17.5 Å². The van der Waals surface area contributed by atoms with Crippen molar-refractivity contribution in [2.24, 2.45) is 0 Å². The minimum atomic E-state index is -2.07. The molecule has 2 aromatic rings. The van der Waals surface area contributed by atoms with Gasteiger partial charge in [-0.15, -0.1) is 0 Å². The van der Waals surface area contributed by atoms with Gasteiger partial charge in [0.15, 0.2) is 11.1 Å². The molecule has 0 radical (unpaired) electrons. The van der Waals surface area contributed by atoms with E-state index in [1.54, 1.807) is 12.1 Å². The van der Waals surface area contributed by atoms with Crippen LogP contribution in [0.4, 0.5) is 0 Å². The van der Waals surface area contributed by atoms with Crippen LogP contribution in [0.5, 0.6) is 0 Å². The smallest absolute Gasteiger partial charge is 0.314 e. The van der Waals surface area contributed by atoms with Crippen molar-refractivity contribution in [3.05, 3.63) is 36.4 Å². The molecular weight excluding hydrogens is 304 g/mol. The molecule has 2 rings (SSSR count). The highest BCUT2D eigenvalue weighted by molar-refractivity contribution is 8.77. The number of carboxylic acid groups (broad SMARTS) is 1. The number of carboxylic acids is 1. The highest BCUT2D eigenvalue weighted by Gasteiger charge is 2.11. The Balaban J connectivity index is 2.42. The van der Waals surface area contributed by atoms with Gasteiger partial charge in [-0.3, -0.25) is 4.79 Å². The Kier molecular flexibility index (Phi) is 4.87. The molecule has 7 heteroatoms. The minimum Gasteiger partial charge on any atom is -0.481 e. The average molecular weight is 314 g/mol. The van der Waals surface area contributed by atoms with E-state index in [0.29, 0.717) is 10.3 Å². The maximum atomic E-state index is 11.4. The molecule has 2 aromatic carbocycles. The molecule has 0 aliphatic carbocycles. The second-order valence-corrected chi connectivity index (χ2v) is 6.87. The van der Waals surface area contributed by atoms with E-state index in [0.717, 1.165) is 10.3 Å². The van der Waals surface area contributed by atoms with Gasteiger partial charge >= 0.3 is 5.97 Å². The van der Waals surface area contributed by atoms with E-state index >= 15 is 0 Å². The first-order valence-electron chi connectivity index (χ1n) is 5.23. The van der Waals surface area contributed by atoms with Crippen LogP contribution in [0.25, 0.3) is 10.8 Å². The molecule has 0 heterocycles. The monoisotopic (exact) mass is 314 g/mol. The van der Waals surface area contributed by atoms with Crippen LogP contribution in [-0.4, -0.2) is 25.6 Å². The lowest BCUT2D eigenvalue weighted by molar-refractivity contribution is -0.133. The van der Waals surface area contributed by atoms with Crippen LogP contribution in [-0.2, 0) is 15.9 Å². The molecule has 19 heavy (non-hydrogen) atoms. The van der Waals surface area contributed by atoms with Gasteiger partial charge in [0, 0.05) is 10.3 Å². The largest absolute Gasteiger partial charge is 0.481 e. The number of rotatable bonds is 5. The maximum absolute atomic E-state index is 11.4. The predicted octanol–water partition coefficient (Wildman–Crippen LogP) is 3.25. The fourth-order valence-electron chi connectivity index (χ4n) is 1.63. The molecule has 4 nitrogen and oxygen atoms in total. The summed E-state index contributed by atoms with van der Waals surface area (Å²) >= 11 is -2.07. The first kappa shape index (κ1) is 14.4. The summed E-state index contributed by atoms with van der Waals surface area (Å²) in [6.07, 6.45) is 0. The SMILES string of the molecule is O=C(O)CSSc1cccc2cccc(S(=O)O)c12. The molecule has 0 fully saturated rings. The summed E-state index contributed by atoms with van der Waals surface area (Å²) in [7, 11) is 2.49. The zero-order valence-electron chi connectivity index (χ0n) is 9.61. The summed E-state index contributed by atoms with van der Waals surface area (Å²) in [6, 6.07) is 10.7. The molecule has 2 N–H and O–H groups in total. The van der Waals surface area contributed by atoms with E-state index in [4.69, 9.17) is 5.11 Å². The Hall–Kier alpha value is -1.02. The van der Waals surface area contributed by atoms with E-state index in [9.17, 15) is 13.6 Å². The topological polar surface area (TPSA) is 74.6 Å². The first-order chi connectivity index (χ1) is 9.09. The number of fused-ring (bicyclic) bond motifs is 1.